The molecule has 540 valence electrons. The molecular weight excluding hydrogens is 1380 g/mol. The van der Waals surface area contributed by atoms with Crippen molar-refractivity contribution in [2.24, 2.45) is 28.2 Å². The fraction of sp³-hybridized carbons (Fsp3) is 0.149. The van der Waals surface area contributed by atoms with Crippen LogP contribution in [0, 0.1) is 72.3 Å². The first-order chi connectivity index (χ1) is 53.1. The molecule has 0 fully saturated rings. The van der Waals surface area contributed by atoms with E-state index in [1.54, 1.807) is 24.3 Å². The van der Waals surface area contributed by atoms with Gasteiger partial charge in [0.1, 0.15) is 28.2 Å². The standard InChI is InChI=1S/C25H22FN2O.C24H20FN2O.C23H18FN2O.C22H16FN2O/c1-14(2)16-11-12-28(4)20(13-16)21-15(3)9-10-19-22-17-7-5-6-8-18(17)24(26)27-25(22)29-23(19)21;1-13-9-10-18-21-16-7-5-6-8-17(16)23(25)26-24(21)28-22(18)20(13)19-11-14(2)15(3)12-27(19)4;1-13-10-11-26(3)18(12-13)19-14(2)8-9-17-20-15-6-4-5-7-16(15)22(24)25-23(20)27-21(17)19;1-13-10-11-16-19-14-7-3-4-8-15(14)21(23)24-22(19)26-20(16)18(13)17-9-5-6-12-25(17)2/h5-14H,1-4H3;5-12H,1-4H3;4-12H,1-3H3;3-12H,1-2H3/q4*+1. The summed E-state index contributed by atoms with van der Waals surface area (Å²) in [5, 5.41) is 12.6. The summed E-state index contributed by atoms with van der Waals surface area (Å²) in [6, 6.07) is 63.0. The average molecular weight is 1460 g/mol. The lowest BCUT2D eigenvalue weighted by molar-refractivity contribution is -0.660. The Morgan fingerprint density at radius 3 is 0.945 bits per heavy atom. The molecule has 0 amide bonds. The molecule has 20 aromatic rings. The molecule has 20 rings (SSSR count). The number of halogens is 4. The molecule has 12 heterocycles. The van der Waals surface area contributed by atoms with Gasteiger partial charge in [-0.25, -0.2) is 18.3 Å². The molecule has 0 saturated carbocycles. The highest BCUT2D eigenvalue weighted by Crippen LogP contribution is 2.45. The Morgan fingerprint density at radius 2 is 0.591 bits per heavy atom. The molecule has 0 aliphatic heterocycles. The van der Waals surface area contributed by atoms with Gasteiger partial charge in [-0.05, 0) is 145 Å². The second-order valence-electron chi connectivity index (χ2n) is 29.1. The van der Waals surface area contributed by atoms with Gasteiger partial charge in [0.2, 0.25) is 69.4 Å². The number of hydrogen-bond acceptors (Lipinski definition) is 8. The second kappa shape index (κ2) is 27.3. The van der Waals surface area contributed by atoms with Gasteiger partial charge in [0.05, 0.1) is 43.8 Å². The number of fused-ring (bicyclic) bond motifs is 20. The SMILES string of the molecule is Cc1cc(-c2c(C)ccc3c2oc2nc(F)c4ccccc4c23)[n+](C)cc1C.Cc1cc[n+](C)c(-c2c(C)ccc3c2oc2nc(F)c4ccccc4c23)c1.Cc1ccc2c(oc3nc(F)c4ccccc4c32)c1-c1cc(C(C)C)cc[n+]1C.Cc1ccc2c(oc3nc(F)c4ccccc4c32)c1-c1cccc[n+]1C. The number of nitrogens with zero attached hydrogens (tertiary/aromatic N) is 8. The van der Waals surface area contributed by atoms with E-state index < -0.39 is 23.8 Å². The summed E-state index contributed by atoms with van der Waals surface area (Å²) >= 11 is 0. The summed E-state index contributed by atoms with van der Waals surface area (Å²) in [4.78, 5) is 16.4. The summed E-state index contributed by atoms with van der Waals surface area (Å²) in [7, 11) is 8.09. The zero-order valence-electron chi connectivity index (χ0n) is 63.1. The first-order valence-corrected chi connectivity index (χ1v) is 36.6. The van der Waals surface area contributed by atoms with Crippen LogP contribution in [0.5, 0.6) is 0 Å². The fourth-order valence-electron chi connectivity index (χ4n) is 15.8. The minimum Gasteiger partial charge on any atom is -0.437 e. The predicted molar refractivity (Wildman–Crippen MR) is 430 cm³/mol. The topological polar surface area (TPSA) is 120 Å². The molecule has 12 aromatic heterocycles. The largest absolute Gasteiger partial charge is 0.437 e. The Balaban J connectivity index is 0.000000107. The molecule has 0 radical (unpaired) electrons. The highest BCUT2D eigenvalue weighted by atomic mass is 19.1. The smallest absolute Gasteiger partial charge is 0.230 e. The van der Waals surface area contributed by atoms with E-state index in [9.17, 15) is 17.6 Å². The van der Waals surface area contributed by atoms with Gasteiger partial charge in [0, 0.05) is 91.1 Å². The second-order valence-corrected chi connectivity index (χ2v) is 29.1. The number of aryl methyl sites for hydroxylation is 11. The lowest BCUT2D eigenvalue weighted by Crippen LogP contribution is -2.31. The normalized spacial score (nSPS) is 11.8. The Hall–Kier alpha value is -13.1. The molecule has 0 N–H and O–H groups in total. The molecule has 110 heavy (non-hydrogen) atoms. The van der Waals surface area contributed by atoms with Crippen LogP contribution in [0.1, 0.15) is 64.3 Å². The molecule has 0 atom stereocenters. The van der Waals surface area contributed by atoms with E-state index in [1.807, 2.05) is 144 Å². The van der Waals surface area contributed by atoms with Crippen molar-refractivity contribution < 1.29 is 53.5 Å². The maximum Gasteiger partial charge on any atom is 0.230 e. The third kappa shape index (κ3) is 11.7. The van der Waals surface area contributed by atoms with E-state index in [2.05, 4.69) is 180 Å². The van der Waals surface area contributed by atoms with Crippen LogP contribution >= 0.6 is 0 Å². The fourth-order valence-corrected chi connectivity index (χ4v) is 15.8. The van der Waals surface area contributed by atoms with Crippen molar-refractivity contribution in [1.82, 2.24) is 19.9 Å². The Kier molecular flexibility index (Phi) is 17.4. The molecule has 0 saturated heterocycles. The van der Waals surface area contributed by atoms with Crippen molar-refractivity contribution in [2.45, 2.75) is 68.2 Å². The van der Waals surface area contributed by atoms with E-state index >= 15 is 0 Å². The summed E-state index contributed by atoms with van der Waals surface area (Å²) in [6.45, 7) is 18.9. The highest BCUT2D eigenvalue weighted by molar-refractivity contribution is 6.23. The van der Waals surface area contributed by atoms with E-state index in [-0.39, 0.29) is 0 Å². The molecule has 0 spiro atoms. The van der Waals surface area contributed by atoms with Gasteiger partial charge in [0.15, 0.2) is 47.1 Å². The number of pyridine rings is 8. The van der Waals surface area contributed by atoms with Gasteiger partial charge < -0.3 is 17.7 Å². The Morgan fingerprint density at radius 1 is 0.282 bits per heavy atom. The van der Waals surface area contributed by atoms with Crippen LogP contribution in [0.3, 0.4) is 0 Å². The van der Waals surface area contributed by atoms with Gasteiger partial charge in [-0.3, -0.25) is 0 Å². The number of aromatic nitrogens is 8. The molecule has 8 aromatic carbocycles. The number of benzene rings is 8. The number of hydrogen-bond donors (Lipinski definition) is 0. The summed E-state index contributed by atoms with van der Waals surface area (Å²) in [5.41, 5.74) is 21.9. The van der Waals surface area contributed by atoms with Crippen molar-refractivity contribution in [3.63, 3.8) is 0 Å². The van der Waals surface area contributed by atoms with Crippen molar-refractivity contribution in [3.8, 4) is 45.0 Å². The maximum absolute atomic E-state index is 14.6. The quantitative estimate of drug-likeness (QED) is 0.0949. The monoisotopic (exact) mass is 1460 g/mol. The Labute approximate surface area is 630 Å². The third-order valence-corrected chi connectivity index (χ3v) is 21.6. The number of rotatable bonds is 5. The summed E-state index contributed by atoms with van der Waals surface area (Å²) in [6.07, 6.45) is 8.25. The van der Waals surface area contributed by atoms with Crippen molar-refractivity contribution in [3.05, 3.63) is 287 Å². The van der Waals surface area contributed by atoms with Crippen LogP contribution in [0.25, 0.3) is 176 Å². The Bertz CT molecular complexity index is 7240. The van der Waals surface area contributed by atoms with Crippen LogP contribution in [0.4, 0.5) is 17.6 Å². The number of furan rings is 4. The van der Waals surface area contributed by atoms with Crippen LogP contribution < -0.4 is 18.3 Å². The van der Waals surface area contributed by atoms with Gasteiger partial charge in [-0.2, -0.15) is 37.5 Å². The molecule has 0 unspecified atom stereocenters. The lowest BCUT2D eigenvalue weighted by atomic mass is 9.96. The molecule has 16 heteroatoms. The lowest BCUT2D eigenvalue weighted by Gasteiger charge is -2.09. The average Bonchev–Trinajstić information content (AvgIpc) is 1.59. The van der Waals surface area contributed by atoms with Crippen LogP contribution in [-0.2, 0) is 28.2 Å². The van der Waals surface area contributed by atoms with Gasteiger partial charge >= 0.3 is 0 Å². The summed E-state index contributed by atoms with van der Waals surface area (Å²) in [5.74, 6) is -1.59. The first kappa shape index (κ1) is 69.9. The zero-order chi connectivity index (χ0) is 76.4. The third-order valence-electron chi connectivity index (χ3n) is 21.6. The van der Waals surface area contributed by atoms with E-state index in [0.29, 0.717) is 50.3 Å². The summed E-state index contributed by atoms with van der Waals surface area (Å²) < 4.78 is 91.0. The van der Waals surface area contributed by atoms with Gasteiger partial charge in [0.25, 0.3) is 0 Å². The van der Waals surface area contributed by atoms with Crippen LogP contribution in [0.2, 0.25) is 0 Å². The molecule has 0 bridgehead atoms. The maximum atomic E-state index is 14.6. The van der Waals surface area contributed by atoms with Crippen LogP contribution in [0.15, 0.2) is 237 Å². The predicted octanol–water partition coefficient (Wildman–Crippen LogP) is 22.3. The molecular formula is C94H76F4N8O4+4. The zero-order valence-corrected chi connectivity index (χ0v) is 63.1. The first-order valence-electron chi connectivity index (χ1n) is 36.6. The molecule has 0 aliphatic rings. The van der Waals surface area contributed by atoms with E-state index in [4.69, 9.17) is 17.7 Å². The minimum absolute atomic E-state index is 0.335. The van der Waals surface area contributed by atoms with Crippen molar-refractivity contribution >= 4 is 131 Å². The molecule has 0 aliphatic carbocycles. The van der Waals surface area contributed by atoms with Crippen molar-refractivity contribution in [2.75, 3.05) is 0 Å². The van der Waals surface area contributed by atoms with Crippen molar-refractivity contribution in [1.29, 1.82) is 0 Å². The van der Waals surface area contributed by atoms with E-state index in [0.717, 1.165) is 154 Å². The highest BCUT2D eigenvalue weighted by Gasteiger charge is 2.29. The molecule has 12 nitrogen and oxygen atoms in total. The minimum atomic E-state index is -0.504. The van der Waals surface area contributed by atoms with Crippen LogP contribution in [-0.4, -0.2) is 19.9 Å². The van der Waals surface area contributed by atoms with E-state index in [1.165, 1.54) is 22.3 Å². The van der Waals surface area contributed by atoms with Gasteiger partial charge in [-0.1, -0.05) is 135 Å². The van der Waals surface area contributed by atoms with Gasteiger partial charge in [-0.15, -0.1) is 0 Å².